The molecule has 0 amide bonds. The summed E-state index contributed by atoms with van der Waals surface area (Å²) >= 11 is 0. The Morgan fingerprint density at radius 2 is 1.47 bits per heavy atom. The van der Waals surface area contributed by atoms with Crippen LogP contribution in [0.1, 0.15) is 24.8 Å². The number of aliphatic hydroxyl groups is 2. The average molecular weight is 262 g/mol. The Balaban J connectivity index is 0.000000303. The van der Waals surface area contributed by atoms with Crippen molar-refractivity contribution in [1.82, 2.24) is 0 Å². The highest BCUT2D eigenvalue weighted by Gasteiger charge is 2.25. The Morgan fingerprint density at radius 1 is 1.00 bits per heavy atom. The topological polar surface area (TPSA) is 40.5 Å². The van der Waals surface area contributed by atoms with Gasteiger partial charge >= 0.3 is 0 Å². The molecule has 0 heterocycles. The lowest BCUT2D eigenvalue weighted by Gasteiger charge is -2.12. The van der Waals surface area contributed by atoms with Crippen LogP contribution in [0.15, 0.2) is 50.1 Å². The third kappa shape index (κ3) is 6.94. The molecule has 0 aromatic heterocycles. The van der Waals surface area contributed by atoms with Crippen molar-refractivity contribution in [2.45, 2.75) is 19.3 Å². The van der Waals surface area contributed by atoms with Gasteiger partial charge in [0.25, 0.3) is 0 Å². The van der Waals surface area contributed by atoms with Gasteiger partial charge in [0.2, 0.25) is 0 Å². The van der Waals surface area contributed by atoms with Gasteiger partial charge in [0.1, 0.15) is 0 Å². The molecule has 0 saturated heterocycles. The molecule has 1 aromatic carbocycles. The van der Waals surface area contributed by atoms with Gasteiger partial charge in [-0.05, 0) is 30.2 Å². The zero-order valence-corrected chi connectivity index (χ0v) is 11.7. The van der Waals surface area contributed by atoms with Crippen molar-refractivity contribution in [1.29, 1.82) is 0 Å². The highest BCUT2D eigenvalue weighted by Crippen LogP contribution is 2.30. The molecule has 0 spiro atoms. The van der Waals surface area contributed by atoms with E-state index >= 15 is 0 Å². The molecule has 2 unspecified atom stereocenters. The Morgan fingerprint density at radius 3 is 1.79 bits per heavy atom. The van der Waals surface area contributed by atoms with Crippen molar-refractivity contribution < 1.29 is 10.2 Å². The SMILES string of the molecule is C=C.C=Cc1ccccc1.OCC1CCCC1CO. The Labute approximate surface area is 117 Å². The van der Waals surface area contributed by atoms with E-state index in [0.717, 1.165) is 12.8 Å². The van der Waals surface area contributed by atoms with Crippen LogP contribution in [-0.4, -0.2) is 23.4 Å². The number of hydrogen-bond donors (Lipinski definition) is 2. The summed E-state index contributed by atoms with van der Waals surface area (Å²) in [6.07, 6.45) is 5.21. The molecule has 19 heavy (non-hydrogen) atoms. The smallest absolute Gasteiger partial charge is 0.0462 e. The van der Waals surface area contributed by atoms with E-state index in [-0.39, 0.29) is 13.2 Å². The van der Waals surface area contributed by atoms with E-state index in [9.17, 15) is 0 Å². The quantitative estimate of drug-likeness (QED) is 0.818. The summed E-state index contributed by atoms with van der Waals surface area (Å²) in [6.45, 7) is 10.1. The van der Waals surface area contributed by atoms with Crippen LogP contribution in [0, 0.1) is 11.8 Å². The maximum absolute atomic E-state index is 8.76. The molecule has 2 atom stereocenters. The highest BCUT2D eigenvalue weighted by atomic mass is 16.3. The molecule has 106 valence electrons. The van der Waals surface area contributed by atoms with Gasteiger partial charge in [-0.2, -0.15) is 0 Å². The first kappa shape index (κ1) is 17.6. The summed E-state index contributed by atoms with van der Waals surface area (Å²) in [5.41, 5.74) is 1.17. The molecule has 1 aromatic rings. The summed E-state index contributed by atoms with van der Waals surface area (Å²) in [5.74, 6) is 0.769. The van der Waals surface area contributed by atoms with Crippen molar-refractivity contribution in [2.75, 3.05) is 13.2 Å². The van der Waals surface area contributed by atoms with E-state index < -0.39 is 0 Å². The van der Waals surface area contributed by atoms with Crippen LogP contribution in [0.25, 0.3) is 6.08 Å². The van der Waals surface area contributed by atoms with E-state index in [1.54, 1.807) is 0 Å². The Hall–Kier alpha value is -1.38. The van der Waals surface area contributed by atoms with E-state index in [1.807, 2.05) is 36.4 Å². The lowest BCUT2D eigenvalue weighted by atomic mass is 9.98. The largest absolute Gasteiger partial charge is 0.396 e. The van der Waals surface area contributed by atoms with E-state index in [0.29, 0.717) is 11.8 Å². The van der Waals surface area contributed by atoms with Gasteiger partial charge < -0.3 is 10.2 Å². The van der Waals surface area contributed by atoms with E-state index in [2.05, 4.69) is 19.7 Å². The summed E-state index contributed by atoms with van der Waals surface area (Å²) in [7, 11) is 0. The van der Waals surface area contributed by atoms with Gasteiger partial charge in [0.15, 0.2) is 0 Å². The third-order valence-corrected chi connectivity index (χ3v) is 3.32. The van der Waals surface area contributed by atoms with Crippen LogP contribution >= 0.6 is 0 Å². The van der Waals surface area contributed by atoms with Crippen LogP contribution in [0.3, 0.4) is 0 Å². The van der Waals surface area contributed by atoms with Crippen molar-refractivity contribution >= 4 is 6.08 Å². The summed E-state index contributed by atoms with van der Waals surface area (Å²) in [4.78, 5) is 0. The summed E-state index contributed by atoms with van der Waals surface area (Å²) in [5, 5.41) is 17.5. The van der Waals surface area contributed by atoms with Gasteiger partial charge in [-0.25, -0.2) is 0 Å². The molecule has 1 saturated carbocycles. The minimum absolute atomic E-state index is 0.255. The molecular formula is C17H26O2. The van der Waals surface area contributed by atoms with Gasteiger partial charge in [-0.15, -0.1) is 13.2 Å². The molecule has 2 N–H and O–H groups in total. The first-order valence-electron chi connectivity index (χ1n) is 6.71. The van der Waals surface area contributed by atoms with Crippen molar-refractivity contribution in [2.24, 2.45) is 11.8 Å². The van der Waals surface area contributed by atoms with E-state index in [4.69, 9.17) is 10.2 Å². The molecule has 0 bridgehead atoms. The number of hydrogen-bond acceptors (Lipinski definition) is 2. The first-order valence-corrected chi connectivity index (χ1v) is 6.71. The monoisotopic (exact) mass is 262 g/mol. The standard InChI is InChI=1S/C8H8.C7H14O2.C2H4/c1-2-8-6-4-3-5-7-8;8-4-6-2-1-3-7(6)5-9;1-2/h2-7H,1H2;6-9H,1-5H2;1-2H2. The van der Waals surface area contributed by atoms with Gasteiger partial charge in [-0.3, -0.25) is 0 Å². The van der Waals surface area contributed by atoms with Crippen LogP contribution in [0.2, 0.25) is 0 Å². The molecule has 1 aliphatic rings. The predicted octanol–water partition coefficient (Wildman–Crippen LogP) is 3.52. The zero-order valence-electron chi connectivity index (χ0n) is 11.7. The minimum Gasteiger partial charge on any atom is -0.396 e. The van der Waals surface area contributed by atoms with Crippen LogP contribution in [-0.2, 0) is 0 Å². The third-order valence-electron chi connectivity index (χ3n) is 3.32. The first-order chi connectivity index (χ1) is 9.31. The fourth-order valence-electron chi connectivity index (χ4n) is 2.18. The van der Waals surface area contributed by atoms with Gasteiger partial charge in [0, 0.05) is 13.2 Å². The van der Waals surface area contributed by atoms with Crippen molar-refractivity contribution in [3.8, 4) is 0 Å². The van der Waals surface area contributed by atoms with Gasteiger partial charge in [0.05, 0.1) is 0 Å². The Bertz CT molecular complexity index is 311. The van der Waals surface area contributed by atoms with Crippen molar-refractivity contribution in [3.05, 3.63) is 55.6 Å². The second kappa shape index (κ2) is 11.7. The fraction of sp³-hybridized carbons (Fsp3) is 0.412. The second-order valence-corrected chi connectivity index (χ2v) is 4.43. The number of benzene rings is 1. The maximum Gasteiger partial charge on any atom is 0.0462 e. The van der Waals surface area contributed by atoms with Crippen LogP contribution in [0.4, 0.5) is 0 Å². The van der Waals surface area contributed by atoms with Crippen LogP contribution in [0.5, 0.6) is 0 Å². The molecule has 1 aliphatic carbocycles. The fourth-order valence-corrected chi connectivity index (χ4v) is 2.18. The maximum atomic E-state index is 8.76. The number of aliphatic hydroxyl groups excluding tert-OH is 2. The lowest BCUT2D eigenvalue weighted by Crippen LogP contribution is -2.15. The summed E-state index contributed by atoms with van der Waals surface area (Å²) in [6, 6.07) is 10.0. The molecule has 1 fully saturated rings. The lowest BCUT2D eigenvalue weighted by molar-refractivity contribution is 0.141. The molecule has 0 radical (unpaired) electrons. The number of rotatable bonds is 3. The molecule has 2 rings (SSSR count). The van der Waals surface area contributed by atoms with Crippen LogP contribution < -0.4 is 0 Å². The highest BCUT2D eigenvalue weighted by molar-refractivity contribution is 5.45. The molecular weight excluding hydrogens is 236 g/mol. The summed E-state index contributed by atoms with van der Waals surface area (Å²) < 4.78 is 0. The minimum atomic E-state index is 0.255. The molecule has 2 nitrogen and oxygen atoms in total. The Kier molecular flexibility index (Phi) is 10.8. The predicted molar refractivity (Wildman–Crippen MR) is 82.8 cm³/mol. The molecule has 0 aliphatic heterocycles. The average Bonchev–Trinajstić information content (AvgIpc) is 2.98. The van der Waals surface area contributed by atoms with Gasteiger partial charge in [-0.1, -0.05) is 49.4 Å². The second-order valence-electron chi connectivity index (χ2n) is 4.43. The van der Waals surface area contributed by atoms with E-state index in [1.165, 1.54) is 12.0 Å². The van der Waals surface area contributed by atoms with Crippen molar-refractivity contribution in [3.63, 3.8) is 0 Å². The zero-order chi connectivity index (χ0) is 14.5. The molecule has 2 heteroatoms. The normalized spacial score (nSPS) is 20.5.